The minimum absolute atomic E-state index is 0.111. The topological polar surface area (TPSA) is 23.9 Å². The van der Waals surface area contributed by atoms with Gasteiger partial charge in [-0.05, 0) is 10.8 Å². The van der Waals surface area contributed by atoms with Crippen molar-refractivity contribution < 1.29 is 0 Å². The van der Waals surface area contributed by atoms with Gasteiger partial charge in [-0.2, -0.15) is 0 Å². The van der Waals surface area contributed by atoms with E-state index in [1.54, 1.807) is 0 Å². The third-order valence-electron chi connectivity index (χ3n) is 0.272. The zero-order valence-electron chi connectivity index (χ0n) is 2.06. The molecule has 4 heavy (non-hydrogen) atoms. The predicted octanol–water partition coefficient (Wildman–Crippen LogP) is 0.852. The first kappa shape index (κ1) is 2.15. The van der Waals surface area contributed by atoms with Gasteiger partial charge in [0.1, 0.15) is 0 Å². The molecule has 0 aliphatic carbocycles. The van der Waals surface area contributed by atoms with Crippen LogP contribution in [0.25, 0.3) is 0 Å². The minimum Gasteiger partial charge on any atom is -0.272 e. The Hall–Kier alpha value is -0.110. The smallest absolute Gasteiger partial charge is 0.00645 e. The van der Waals surface area contributed by atoms with Crippen molar-refractivity contribution in [3.05, 3.63) is 10.8 Å². The molecule has 0 aromatic heterocycles. The Balaban J connectivity index is 2.80. The van der Waals surface area contributed by atoms with Gasteiger partial charge in [0.05, 0.1) is 0 Å². The van der Waals surface area contributed by atoms with E-state index in [1.807, 2.05) is 10.8 Å². The van der Waals surface area contributed by atoms with Crippen molar-refractivity contribution in [3.63, 3.8) is 0 Å². The van der Waals surface area contributed by atoms with Crippen LogP contribution in [0.2, 0.25) is 0 Å². The van der Waals surface area contributed by atoms with Crippen LogP contribution in [0.1, 0.15) is 0 Å². The quantitative estimate of drug-likeness (QED) is 0.439. The minimum atomic E-state index is -0.111. The molecule has 0 aromatic carbocycles. The van der Waals surface area contributed by atoms with Crippen molar-refractivity contribution >= 4 is 10.7 Å². The van der Waals surface area contributed by atoms with Gasteiger partial charge in [-0.25, -0.2) is 0 Å². The number of nitrogens with one attached hydrogen (secondary N) is 1. The van der Waals surface area contributed by atoms with Crippen LogP contribution < -0.4 is 0 Å². The fraction of sp³-hybridized carbons (Fsp3) is 0. The maximum atomic E-state index is 6.61. The highest BCUT2D eigenvalue weighted by Crippen LogP contribution is 2.01. The van der Waals surface area contributed by atoms with Gasteiger partial charge in [-0.3, -0.25) is 4.78 Å². The van der Waals surface area contributed by atoms with E-state index in [0.29, 0.717) is 0 Å². The van der Waals surface area contributed by atoms with Crippen molar-refractivity contribution in [1.82, 2.24) is 0 Å². The van der Waals surface area contributed by atoms with Gasteiger partial charge >= 0.3 is 0 Å². The predicted molar refractivity (Wildman–Crippen MR) is 19.2 cm³/mol. The molecular weight excluding hydrogens is 70.1 g/mol. The summed E-state index contributed by atoms with van der Waals surface area (Å²) in [6.45, 7) is 0. The molecule has 0 radical (unpaired) electrons. The third-order valence-corrected chi connectivity index (χ3v) is 0.816. The summed E-state index contributed by atoms with van der Waals surface area (Å²) in [6, 6.07) is 0. The first-order valence-corrected chi connectivity index (χ1v) is 2.36. The molecule has 1 aliphatic rings. The van der Waals surface area contributed by atoms with E-state index >= 15 is 0 Å². The standard InChI is InChI=1S/C2H3NS/c3-4-1-2-4/h1-3H. The van der Waals surface area contributed by atoms with Crippen LogP contribution in [0.15, 0.2) is 10.8 Å². The molecule has 0 atom stereocenters. The van der Waals surface area contributed by atoms with E-state index in [2.05, 4.69) is 0 Å². The molecule has 0 saturated heterocycles. The summed E-state index contributed by atoms with van der Waals surface area (Å²) in [5.74, 6) is 0. The average molecular weight is 73.1 g/mol. The Morgan fingerprint density at radius 1 is 1.50 bits per heavy atom. The number of hydrogen-bond acceptors (Lipinski definition) is 1. The lowest BCUT2D eigenvalue weighted by Gasteiger charge is -1.43. The molecule has 0 amide bonds. The molecule has 0 unspecified atom stereocenters. The average Bonchev–Trinajstić information content (AvgIpc) is 1.75. The fourth-order valence-electron chi connectivity index (χ4n) is 0.0278. The zero-order valence-corrected chi connectivity index (χ0v) is 2.88. The Morgan fingerprint density at radius 3 is 1.75 bits per heavy atom. The molecule has 0 aromatic rings. The SMILES string of the molecule is N=S1C=C1. The lowest BCUT2D eigenvalue weighted by molar-refractivity contribution is 1.66. The Kier molecular flexibility index (Phi) is 0.232. The van der Waals surface area contributed by atoms with Gasteiger partial charge in [0.25, 0.3) is 0 Å². The van der Waals surface area contributed by atoms with Gasteiger partial charge in [0.15, 0.2) is 0 Å². The van der Waals surface area contributed by atoms with Crippen molar-refractivity contribution in [2.24, 2.45) is 0 Å². The van der Waals surface area contributed by atoms with Crippen LogP contribution in [0.3, 0.4) is 0 Å². The van der Waals surface area contributed by atoms with Crippen LogP contribution in [0.5, 0.6) is 0 Å². The van der Waals surface area contributed by atoms with Crippen LogP contribution in [0.4, 0.5) is 0 Å². The Bertz CT molecular complexity index is 66.1. The van der Waals surface area contributed by atoms with Gasteiger partial charge in [0.2, 0.25) is 0 Å². The van der Waals surface area contributed by atoms with E-state index in [1.165, 1.54) is 0 Å². The number of rotatable bonds is 0. The highest BCUT2D eigenvalue weighted by molar-refractivity contribution is 7.98. The van der Waals surface area contributed by atoms with Crippen molar-refractivity contribution in [3.8, 4) is 0 Å². The molecule has 1 N–H and O–H groups in total. The summed E-state index contributed by atoms with van der Waals surface area (Å²) >= 11 is 0. The van der Waals surface area contributed by atoms with Gasteiger partial charge in [-0.1, -0.05) is 10.7 Å². The summed E-state index contributed by atoms with van der Waals surface area (Å²) in [4.78, 5) is 0. The van der Waals surface area contributed by atoms with E-state index in [-0.39, 0.29) is 10.7 Å². The molecule has 0 fully saturated rings. The summed E-state index contributed by atoms with van der Waals surface area (Å²) in [6.07, 6.45) is 0. The van der Waals surface area contributed by atoms with Crippen molar-refractivity contribution in [2.75, 3.05) is 0 Å². The summed E-state index contributed by atoms with van der Waals surface area (Å²) < 4.78 is 6.61. The Labute approximate surface area is 27.2 Å². The summed E-state index contributed by atoms with van der Waals surface area (Å²) in [7, 11) is -0.111. The first-order chi connectivity index (χ1) is 1.89. The summed E-state index contributed by atoms with van der Waals surface area (Å²) in [5, 5.41) is 3.72. The van der Waals surface area contributed by atoms with Crippen LogP contribution >= 0.6 is 0 Å². The van der Waals surface area contributed by atoms with Crippen LogP contribution in [-0.2, 0) is 10.7 Å². The van der Waals surface area contributed by atoms with Crippen LogP contribution in [-0.4, -0.2) is 0 Å². The van der Waals surface area contributed by atoms with E-state index < -0.39 is 0 Å². The second-order valence-electron chi connectivity index (χ2n) is 0.644. The number of hydrogen-bond donors (Lipinski definition) is 1. The lowest BCUT2D eigenvalue weighted by Crippen LogP contribution is -1.29. The maximum Gasteiger partial charge on any atom is -0.00645 e. The molecule has 1 nitrogen and oxygen atoms in total. The molecule has 1 heterocycles. The monoisotopic (exact) mass is 73.0 g/mol. The molecular formula is C2H3NS. The van der Waals surface area contributed by atoms with Crippen molar-refractivity contribution in [2.45, 2.75) is 0 Å². The zero-order chi connectivity index (χ0) is 2.99. The lowest BCUT2D eigenvalue weighted by atomic mass is 11.3. The maximum absolute atomic E-state index is 6.61. The van der Waals surface area contributed by atoms with Gasteiger partial charge in [-0.15, -0.1) is 0 Å². The normalized spacial score (nSPS) is 22.0. The van der Waals surface area contributed by atoms with E-state index in [0.717, 1.165) is 0 Å². The highest BCUT2D eigenvalue weighted by Gasteiger charge is 1.88. The Morgan fingerprint density at radius 2 is 1.75 bits per heavy atom. The molecule has 2 heteroatoms. The second-order valence-corrected chi connectivity index (χ2v) is 1.93. The molecule has 1 rings (SSSR count). The van der Waals surface area contributed by atoms with Gasteiger partial charge < -0.3 is 0 Å². The molecule has 0 bridgehead atoms. The van der Waals surface area contributed by atoms with Crippen molar-refractivity contribution in [1.29, 1.82) is 4.78 Å². The molecule has 22 valence electrons. The van der Waals surface area contributed by atoms with E-state index in [4.69, 9.17) is 4.78 Å². The van der Waals surface area contributed by atoms with E-state index in [9.17, 15) is 0 Å². The molecule has 0 spiro atoms. The third kappa shape index (κ3) is 0.179. The molecule has 1 aliphatic heterocycles. The molecule has 0 saturated carbocycles. The highest BCUT2D eigenvalue weighted by atomic mass is 32.2. The van der Waals surface area contributed by atoms with Crippen LogP contribution in [0, 0.1) is 4.78 Å². The van der Waals surface area contributed by atoms with Gasteiger partial charge in [0, 0.05) is 0 Å². The largest absolute Gasteiger partial charge is 0.272 e. The summed E-state index contributed by atoms with van der Waals surface area (Å²) in [5.41, 5.74) is 0. The fourth-order valence-corrected chi connectivity index (χ4v) is 0.250. The first-order valence-electron chi connectivity index (χ1n) is 1.01. The second kappa shape index (κ2) is 0.432.